The Hall–Kier alpha value is -1.65. The van der Waals surface area contributed by atoms with Crippen molar-refractivity contribution >= 4 is 37.9 Å². The summed E-state index contributed by atoms with van der Waals surface area (Å²) in [5.74, 6) is 0. The number of hydrogen-bond donors (Lipinski definition) is 0. The lowest BCUT2D eigenvalue weighted by atomic mass is 10.1. The molecule has 2 rings (SSSR count). The monoisotopic (exact) mass is 416 g/mol. The van der Waals surface area contributed by atoms with Crippen molar-refractivity contribution in [1.29, 1.82) is 0 Å². The lowest BCUT2D eigenvalue weighted by Gasteiger charge is -2.23. The first-order valence-corrected chi connectivity index (χ1v) is 8.73. The zero-order valence-corrected chi connectivity index (χ0v) is 16.1. The first kappa shape index (κ1) is 17.7. The van der Waals surface area contributed by atoms with Crippen LogP contribution in [0.25, 0.3) is 9.66 Å². The largest absolute Gasteiger partial charge is 0.298 e. The second kappa shape index (κ2) is 8.27. The van der Waals surface area contributed by atoms with Crippen LogP contribution in [0.2, 0.25) is 0 Å². The van der Waals surface area contributed by atoms with E-state index in [2.05, 4.69) is 111 Å². The molecule has 1 nitrogen and oxygen atoms in total. The fourth-order valence-corrected chi connectivity index (χ4v) is 2.67. The van der Waals surface area contributed by atoms with Crippen molar-refractivity contribution in [3.63, 3.8) is 0 Å². The van der Waals surface area contributed by atoms with Gasteiger partial charge in [-0.15, -0.1) is 0 Å². The molecule has 2 heteroatoms. The van der Waals surface area contributed by atoms with Gasteiger partial charge in [-0.25, -0.2) is 0 Å². The van der Waals surface area contributed by atoms with Crippen LogP contribution < -0.4 is 4.48 Å². The standard InChI is InChI=1S/C21H23IN/c1-23(2,3)20-16-14-19(15-17-20)21(22)13-9-5-8-12-18-10-6-4-7-11-18/h4-17H,1-3H3/q+1. The maximum Gasteiger partial charge on any atom is 0.132 e. The molecule has 0 aliphatic carbocycles. The molecule has 0 unspecified atom stereocenters. The summed E-state index contributed by atoms with van der Waals surface area (Å²) in [5, 5.41) is 0. The number of quaternary nitrogens is 1. The second-order valence-corrected chi connectivity index (χ2v) is 7.39. The maximum absolute atomic E-state index is 2.38. The van der Waals surface area contributed by atoms with Gasteiger partial charge in [0.1, 0.15) is 5.69 Å². The van der Waals surface area contributed by atoms with Crippen LogP contribution in [0.4, 0.5) is 5.69 Å². The van der Waals surface area contributed by atoms with E-state index in [1.165, 1.54) is 20.4 Å². The summed E-state index contributed by atoms with van der Waals surface area (Å²) in [5.41, 5.74) is 3.77. The molecule has 2 aromatic carbocycles. The van der Waals surface area contributed by atoms with E-state index in [4.69, 9.17) is 0 Å². The molecule has 0 heterocycles. The molecule has 0 bridgehead atoms. The Labute approximate surface area is 153 Å². The van der Waals surface area contributed by atoms with Crippen molar-refractivity contribution in [2.24, 2.45) is 0 Å². The van der Waals surface area contributed by atoms with Gasteiger partial charge < -0.3 is 0 Å². The molecule has 0 aromatic heterocycles. The fraction of sp³-hybridized carbons (Fsp3) is 0.143. The smallest absolute Gasteiger partial charge is 0.132 e. The number of hydrogen-bond acceptors (Lipinski definition) is 0. The first-order valence-electron chi connectivity index (χ1n) is 7.65. The van der Waals surface area contributed by atoms with Gasteiger partial charge >= 0.3 is 0 Å². The summed E-state index contributed by atoms with van der Waals surface area (Å²) in [6.45, 7) is 0. The lowest BCUT2D eigenvalue weighted by molar-refractivity contribution is 0.486. The number of rotatable bonds is 5. The van der Waals surface area contributed by atoms with E-state index in [1.54, 1.807) is 0 Å². The molecule has 0 saturated heterocycles. The van der Waals surface area contributed by atoms with Gasteiger partial charge in [-0.2, -0.15) is 0 Å². The summed E-state index contributed by atoms with van der Waals surface area (Å²) in [6.07, 6.45) is 10.4. The average Bonchev–Trinajstić information content (AvgIpc) is 2.54. The van der Waals surface area contributed by atoms with Gasteiger partial charge in [0, 0.05) is 3.58 Å². The molecule has 118 valence electrons. The lowest BCUT2D eigenvalue weighted by Crippen LogP contribution is -2.34. The Balaban J connectivity index is 1.99. The molecule has 0 amide bonds. The van der Waals surface area contributed by atoms with E-state index in [1.807, 2.05) is 18.2 Å². The van der Waals surface area contributed by atoms with E-state index in [-0.39, 0.29) is 0 Å². The third-order valence-corrected chi connectivity index (χ3v) is 4.45. The summed E-state index contributed by atoms with van der Waals surface area (Å²) in [7, 11) is 6.53. The third-order valence-electron chi connectivity index (χ3n) is 3.47. The highest BCUT2D eigenvalue weighted by Crippen LogP contribution is 2.25. The predicted molar refractivity (Wildman–Crippen MR) is 113 cm³/mol. The van der Waals surface area contributed by atoms with Gasteiger partial charge in [0.25, 0.3) is 0 Å². The predicted octanol–water partition coefficient (Wildman–Crippen LogP) is 5.93. The molecular weight excluding hydrogens is 393 g/mol. The van der Waals surface area contributed by atoms with Crippen LogP contribution in [0, 0.1) is 0 Å². The molecular formula is C21H23IN+. The number of nitrogens with zero attached hydrogens (tertiary/aromatic N) is 1. The van der Waals surface area contributed by atoms with Crippen molar-refractivity contribution in [2.45, 2.75) is 0 Å². The second-order valence-electron chi connectivity index (χ2n) is 6.23. The summed E-state index contributed by atoms with van der Waals surface area (Å²) in [4.78, 5) is 0. The third kappa shape index (κ3) is 5.81. The Morgan fingerprint density at radius 3 is 2.09 bits per heavy atom. The summed E-state index contributed by atoms with van der Waals surface area (Å²) < 4.78 is 2.07. The highest BCUT2D eigenvalue weighted by atomic mass is 127. The average molecular weight is 416 g/mol. The molecule has 0 spiro atoms. The maximum atomic E-state index is 2.38. The topological polar surface area (TPSA) is 0 Å². The molecule has 0 aliphatic heterocycles. The van der Waals surface area contributed by atoms with Crippen LogP contribution in [0.5, 0.6) is 0 Å². The van der Waals surface area contributed by atoms with Crippen LogP contribution in [0.15, 0.2) is 78.9 Å². The van der Waals surface area contributed by atoms with Gasteiger partial charge in [-0.3, -0.25) is 4.48 Å². The van der Waals surface area contributed by atoms with E-state index in [0.29, 0.717) is 0 Å². The minimum atomic E-state index is 0.838. The van der Waals surface area contributed by atoms with E-state index < -0.39 is 0 Å². The van der Waals surface area contributed by atoms with E-state index in [0.717, 1.165) is 4.48 Å². The molecule has 0 aliphatic rings. The molecule has 0 atom stereocenters. The van der Waals surface area contributed by atoms with Crippen LogP contribution in [-0.2, 0) is 0 Å². The molecule has 0 saturated carbocycles. The van der Waals surface area contributed by atoms with Crippen molar-refractivity contribution in [3.8, 4) is 0 Å². The normalized spacial score (nSPS) is 13.1. The highest BCUT2D eigenvalue weighted by molar-refractivity contribution is 14.1. The van der Waals surface area contributed by atoms with Gasteiger partial charge in [0.2, 0.25) is 0 Å². The fourth-order valence-electron chi connectivity index (χ4n) is 2.10. The Morgan fingerprint density at radius 1 is 0.826 bits per heavy atom. The molecule has 2 aromatic rings. The Morgan fingerprint density at radius 2 is 1.48 bits per heavy atom. The van der Waals surface area contributed by atoms with Gasteiger partial charge in [-0.1, -0.05) is 54.6 Å². The Bertz CT molecular complexity index is 702. The van der Waals surface area contributed by atoms with Crippen LogP contribution >= 0.6 is 22.6 Å². The summed E-state index contributed by atoms with van der Waals surface area (Å²) in [6, 6.07) is 19.1. The van der Waals surface area contributed by atoms with Crippen molar-refractivity contribution < 1.29 is 0 Å². The van der Waals surface area contributed by atoms with Gasteiger partial charge in [0.15, 0.2) is 0 Å². The molecule has 0 N–H and O–H groups in total. The molecule has 0 radical (unpaired) electrons. The van der Waals surface area contributed by atoms with Crippen molar-refractivity contribution in [1.82, 2.24) is 4.48 Å². The van der Waals surface area contributed by atoms with Gasteiger partial charge in [0.05, 0.1) is 21.1 Å². The molecule has 0 fully saturated rings. The quantitative estimate of drug-likeness (QED) is 0.322. The number of benzene rings is 2. The summed E-state index contributed by atoms with van der Waals surface area (Å²) >= 11 is 2.38. The minimum absolute atomic E-state index is 0.838. The van der Waals surface area contributed by atoms with Gasteiger partial charge in [-0.05, 0) is 64.1 Å². The number of allylic oxidation sites excluding steroid dienone is 4. The zero-order chi connectivity index (χ0) is 16.7. The molecule has 23 heavy (non-hydrogen) atoms. The van der Waals surface area contributed by atoms with Crippen LogP contribution in [0.1, 0.15) is 11.1 Å². The van der Waals surface area contributed by atoms with Crippen LogP contribution in [-0.4, -0.2) is 21.1 Å². The Kier molecular flexibility index (Phi) is 6.37. The van der Waals surface area contributed by atoms with E-state index >= 15 is 0 Å². The first-order chi connectivity index (χ1) is 11.0. The zero-order valence-electron chi connectivity index (χ0n) is 13.9. The van der Waals surface area contributed by atoms with Crippen molar-refractivity contribution in [2.75, 3.05) is 21.1 Å². The van der Waals surface area contributed by atoms with E-state index in [9.17, 15) is 0 Å². The number of halogens is 1. The van der Waals surface area contributed by atoms with Crippen LogP contribution in [0.3, 0.4) is 0 Å². The highest BCUT2D eigenvalue weighted by Gasteiger charge is 2.11. The SMILES string of the molecule is C[N+](C)(C)c1ccc(C(I)=CC=CC=Cc2ccccc2)cc1. The minimum Gasteiger partial charge on any atom is -0.298 e. The van der Waals surface area contributed by atoms with Crippen molar-refractivity contribution in [3.05, 3.63) is 90.0 Å².